The van der Waals surface area contributed by atoms with Crippen LogP contribution >= 0.6 is 0 Å². The van der Waals surface area contributed by atoms with Crippen LogP contribution in [0.1, 0.15) is 30.1 Å². The van der Waals surface area contributed by atoms with Gasteiger partial charge in [0.05, 0.1) is 5.69 Å². The number of likely N-dealkylation sites (N-methyl/N-ethyl adjacent to an activating group) is 1. The molecule has 1 atom stereocenters. The summed E-state index contributed by atoms with van der Waals surface area (Å²) in [4.78, 5) is 30.7. The Morgan fingerprint density at radius 3 is 2.75 bits per heavy atom. The number of amides is 2. The third-order valence-electron chi connectivity index (χ3n) is 5.28. The van der Waals surface area contributed by atoms with E-state index >= 15 is 0 Å². The van der Waals surface area contributed by atoms with Gasteiger partial charge in [-0.2, -0.15) is 0 Å². The van der Waals surface area contributed by atoms with Crippen molar-refractivity contribution in [3.05, 3.63) is 23.8 Å². The number of hydrogen-bond acceptors (Lipinski definition) is 4. The highest BCUT2D eigenvalue weighted by molar-refractivity contribution is 6.01. The van der Waals surface area contributed by atoms with Crippen LogP contribution in [-0.2, 0) is 4.79 Å². The van der Waals surface area contributed by atoms with Crippen LogP contribution in [0.3, 0.4) is 0 Å². The minimum absolute atomic E-state index is 0.0344. The fraction of sp³-hybridized carbons (Fsp3) is 0.556. The molecule has 1 aliphatic carbocycles. The van der Waals surface area contributed by atoms with E-state index < -0.39 is 0 Å². The number of ether oxygens (including phenoxy) is 1. The van der Waals surface area contributed by atoms with Crippen LogP contribution in [0.4, 0.5) is 5.69 Å². The summed E-state index contributed by atoms with van der Waals surface area (Å²) in [7, 11) is 1.72. The lowest BCUT2D eigenvalue weighted by Crippen LogP contribution is -2.54. The van der Waals surface area contributed by atoms with Crippen LogP contribution in [0, 0.1) is 0 Å². The third kappa shape index (κ3) is 2.65. The molecular weight excluding hydrogens is 306 g/mol. The number of nitrogens with zero attached hydrogens (tertiary/aromatic N) is 3. The molecule has 4 rings (SSSR count). The molecule has 2 fully saturated rings. The number of rotatable bonds is 2. The summed E-state index contributed by atoms with van der Waals surface area (Å²) < 4.78 is 5.43. The summed E-state index contributed by atoms with van der Waals surface area (Å²) in [6, 6.07) is 6.31. The van der Waals surface area contributed by atoms with Gasteiger partial charge in [0, 0.05) is 44.3 Å². The molecule has 24 heavy (non-hydrogen) atoms. The molecule has 0 N–H and O–H groups in total. The highest BCUT2D eigenvalue weighted by Gasteiger charge is 2.36. The summed E-state index contributed by atoms with van der Waals surface area (Å²) in [6.07, 6.45) is 2.59. The van der Waals surface area contributed by atoms with E-state index in [2.05, 4.69) is 11.8 Å². The summed E-state index contributed by atoms with van der Waals surface area (Å²) in [5, 5.41) is 0. The Labute approximate surface area is 142 Å². The van der Waals surface area contributed by atoms with Gasteiger partial charge in [-0.1, -0.05) is 0 Å². The average Bonchev–Trinajstić information content (AvgIpc) is 3.42. The van der Waals surface area contributed by atoms with Gasteiger partial charge in [0.2, 0.25) is 0 Å². The molecule has 2 heterocycles. The molecule has 1 saturated heterocycles. The summed E-state index contributed by atoms with van der Waals surface area (Å²) >= 11 is 0. The van der Waals surface area contributed by atoms with Crippen molar-refractivity contribution in [1.82, 2.24) is 9.80 Å². The van der Waals surface area contributed by atoms with Crippen molar-refractivity contribution in [2.24, 2.45) is 0 Å². The zero-order chi connectivity index (χ0) is 16.8. The smallest absolute Gasteiger partial charge is 0.264 e. The fourth-order valence-electron chi connectivity index (χ4n) is 3.63. The SMILES string of the molecule is CC1CN(C2CC2)CCN1C(=O)c1ccc2c(c1)N(C)C(=O)CO2. The van der Waals surface area contributed by atoms with Crippen molar-refractivity contribution in [2.75, 3.05) is 38.2 Å². The average molecular weight is 329 g/mol. The molecule has 0 radical (unpaired) electrons. The van der Waals surface area contributed by atoms with Crippen molar-refractivity contribution in [2.45, 2.75) is 31.8 Å². The van der Waals surface area contributed by atoms with Gasteiger partial charge in [0.15, 0.2) is 6.61 Å². The van der Waals surface area contributed by atoms with Crippen molar-refractivity contribution in [3.63, 3.8) is 0 Å². The Morgan fingerprint density at radius 2 is 2.04 bits per heavy atom. The molecule has 2 amide bonds. The van der Waals surface area contributed by atoms with Crippen molar-refractivity contribution in [3.8, 4) is 5.75 Å². The lowest BCUT2D eigenvalue weighted by atomic mass is 10.1. The Kier molecular flexibility index (Phi) is 3.72. The Bertz CT molecular complexity index is 686. The number of carbonyl (C=O) groups is 2. The molecule has 6 nitrogen and oxygen atoms in total. The molecule has 1 unspecified atom stereocenters. The predicted molar refractivity (Wildman–Crippen MR) is 90.4 cm³/mol. The molecule has 0 spiro atoms. The number of hydrogen-bond donors (Lipinski definition) is 0. The normalized spacial score (nSPS) is 24.6. The van der Waals surface area contributed by atoms with Crippen LogP contribution in [0.25, 0.3) is 0 Å². The van der Waals surface area contributed by atoms with Gasteiger partial charge in [-0.05, 0) is 38.0 Å². The van der Waals surface area contributed by atoms with E-state index in [1.165, 1.54) is 12.8 Å². The van der Waals surface area contributed by atoms with E-state index in [-0.39, 0.29) is 24.5 Å². The number of fused-ring (bicyclic) bond motifs is 1. The van der Waals surface area contributed by atoms with E-state index in [1.54, 1.807) is 30.1 Å². The second-order valence-corrected chi connectivity index (χ2v) is 7.00. The van der Waals surface area contributed by atoms with Gasteiger partial charge in [0.1, 0.15) is 5.75 Å². The maximum absolute atomic E-state index is 12.9. The first-order chi connectivity index (χ1) is 11.5. The molecule has 1 aromatic rings. The highest BCUT2D eigenvalue weighted by atomic mass is 16.5. The minimum atomic E-state index is -0.0986. The van der Waals surface area contributed by atoms with Gasteiger partial charge in [0.25, 0.3) is 11.8 Å². The number of piperazine rings is 1. The molecule has 0 bridgehead atoms. The Morgan fingerprint density at radius 1 is 1.25 bits per heavy atom. The van der Waals surface area contributed by atoms with Crippen LogP contribution in [-0.4, -0.2) is 67.0 Å². The van der Waals surface area contributed by atoms with Gasteiger partial charge in [-0.25, -0.2) is 0 Å². The van der Waals surface area contributed by atoms with Crippen LogP contribution in [0.5, 0.6) is 5.75 Å². The highest BCUT2D eigenvalue weighted by Crippen LogP contribution is 2.33. The van der Waals surface area contributed by atoms with Crippen LogP contribution in [0.2, 0.25) is 0 Å². The second-order valence-electron chi connectivity index (χ2n) is 7.00. The molecule has 128 valence electrons. The van der Waals surface area contributed by atoms with E-state index in [0.29, 0.717) is 17.0 Å². The standard InChI is InChI=1S/C18H23N3O3/c1-12-10-20(14-4-5-14)7-8-21(12)18(23)13-3-6-16-15(9-13)19(2)17(22)11-24-16/h3,6,9,12,14H,4-5,7-8,10-11H2,1-2H3. The van der Waals surface area contributed by atoms with Gasteiger partial charge >= 0.3 is 0 Å². The van der Waals surface area contributed by atoms with Gasteiger partial charge < -0.3 is 14.5 Å². The summed E-state index contributed by atoms with van der Waals surface area (Å²) in [6.45, 7) is 4.83. The first-order valence-corrected chi connectivity index (χ1v) is 8.63. The van der Waals surface area contributed by atoms with E-state index in [9.17, 15) is 9.59 Å². The molecular formula is C18H23N3O3. The molecule has 6 heteroatoms. The largest absolute Gasteiger partial charge is 0.482 e. The molecule has 2 aliphatic heterocycles. The lowest BCUT2D eigenvalue weighted by molar-refractivity contribution is -0.120. The topological polar surface area (TPSA) is 53.1 Å². The van der Waals surface area contributed by atoms with Crippen LogP contribution in [0.15, 0.2) is 18.2 Å². The van der Waals surface area contributed by atoms with E-state index in [4.69, 9.17) is 4.74 Å². The van der Waals surface area contributed by atoms with Crippen LogP contribution < -0.4 is 9.64 Å². The molecule has 0 aromatic heterocycles. The Balaban J connectivity index is 1.53. The molecule has 1 saturated carbocycles. The Hall–Kier alpha value is -2.08. The maximum Gasteiger partial charge on any atom is 0.264 e. The summed E-state index contributed by atoms with van der Waals surface area (Å²) in [5.74, 6) is 0.589. The van der Waals surface area contributed by atoms with E-state index in [1.807, 2.05) is 4.90 Å². The quantitative estimate of drug-likeness (QED) is 0.822. The van der Waals surface area contributed by atoms with Crippen molar-refractivity contribution < 1.29 is 14.3 Å². The fourth-order valence-corrected chi connectivity index (χ4v) is 3.63. The molecule has 1 aromatic carbocycles. The summed E-state index contributed by atoms with van der Waals surface area (Å²) in [5.41, 5.74) is 1.28. The van der Waals surface area contributed by atoms with E-state index in [0.717, 1.165) is 25.7 Å². The first-order valence-electron chi connectivity index (χ1n) is 8.63. The third-order valence-corrected chi connectivity index (χ3v) is 5.28. The maximum atomic E-state index is 12.9. The predicted octanol–water partition coefficient (Wildman–Crippen LogP) is 1.35. The second kappa shape index (κ2) is 5.77. The zero-order valence-electron chi connectivity index (χ0n) is 14.2. The van der Waals surface area contributed by atoms with Gasteiger partial charge in [-0.15, -0.1) is 0 Å². The van der Waals surface area contributed by atoms with Crippen molar-refractivity contribution in [1.29, 1.82) is 0 Å². The first kappa shape index (κ1) is 15.4. The lowest BCUT2D eigenvalue weighted by Gasteiger charge is -2.40. The van der Waals surface area contributed by atoms with Gasteiger partial charge in [-0.3, -0.25) is 14.5 Å². The number of anilines is 1. The monoisotopic (exact) mass is 329 g/mol. The van der Waals surface area contributed by atoms with Crippen molar-refractivity contribution >= 4 is 17.5 Å². The molecule has 3 aliphatic rings. The number of carbonyl (C=O) groups excluding carboxylic acids is 2. The minimum Gasteiger partial charge on any atom is -0.482 e. The number of benzene rings is 1. The zero-order valence-corrected chi connectivity index (χ0v) is 14.2.